The van der Waals surface area contributed by atoms with Crippen LogP contribution in [0.2, 0.25) is 5.02 Å². The van der Waals surface area contributed by atoms with Gasteiger partial charge in [-0.1, -0.05) is 23.7 Å². The minimum atomic E-state index is -4.89. The largest absolute Gasteiger partial charge is 0.573 e. The minimum Gasteiger partial charge on any atom is -0.406 e. The van der Waals surface area contributed by atoms with Crippen LogP contribution in [-0.2, 0) is 12.7 Å². The molecule has 12 heteroatoms. The summed E-state index contributed by atoms with van der Waals surface area (Å²) >= 11 is 5.75. The third-order valence-electron chi connectivity index (χ3n) is 3.96. The van der Waals surface area contributed by atoms with Crippen LogP contribution in [0.1, 0.15) is 21.6 Å². The number of carbonyl (C=O) groups is 1. The molecule has 3 aromatic rings. The van der Waals surface area contributed by atoms with E-state index < -0.39 is 35.5 Å². The van der Waals surface area contributed by atoms with Crippen LogP contribution in [0.4, 0.5) is 26.3 Å². The molecule has 1 aromatic heterocycles. The van der Waals surface area contributed by atoms with Gasteiger partial charge in [-0.15, -0.1) is 13.2 Å². The molecule has 3 rings (SSSR count). The van der Waals surface area contributed by atoms with Gasteiger partial charge in [0.2, 0.25) is 0 Å². The maximum absolute atomic E-state index is 13.6. The topological polar surface area (TPSA) is 56.1 Å². The third-order valence-corrected chi connectivity index (χ3v) is 4.22. The van der Waals surface area contributed by atoms with Gasteiger partial charge in [0.15, 0.2) is 5.69 Å². The maximum atomic E-state index is 13.6. The Labute approximate surface area is 176 Å². The number of amides is 1. The van der Waals surface area contributed by atoms with Gasteiger partial charge in [0.25, 0.3) is 5.91 Å². The number of alkyl halides is 6. The van der Waals surface area contributed by atoms with Crippen molar-refractivity contribution < 1.29 is 35.9 Å². The fourth-order valence-corrected chi connectivity index (χ4v) is 2.78. The number of carbonyl (C=O) groups excluding carboxylic acids is 1. The van der Waals surface area contributed by atoms with Crippen molar-refractivity contribution in [1.82, 2.24) is 15.1 Å². The monoisotopic (exact) mass is 463 g/mol. The zero-order valence-electron chi connectivity index (χ0n) is 15.3. The minimum absolute atomic E-state index is 0.0519. The number of ether oxygens (including phenoxy) is 1. The summed E-state index contributed by atoms with van der Waals surface area (Å²) in [5, 5.41) is 6.28. The van der Waals surface area contributed by atoms with Gasteiger partial charge in [-0.05, 0) is 42.0 Å². The van der Waals surface area contributed by atoms with E-state index in [9.17, 15) is 31.1 Å². The van der Waals surface area contributed by atoms with E-state index in [-0.39, 0.29) is 12.2 Å². The van der Waals surface area contributed by atoms with Crippen LogP contribution in [0, 0.1) is 0 Å². The molecule has 1 heterocycles. The molecule has 1 N–H and O–H groups in total. The average molecular weight is 464 g/mol. The molecule has 0 aliphatic rings. The second-order valence-corrected chi connectivity index (χ2v) is 6.60. The molecule has 5 nitrogen and oxygen atoms in total. The SMILES string of the molecule is O=C(NCc1ccc(OC(F)(F)F)cc1)c1cnn(-c2ccc(Cl)cc2)c1C(F)(F)F. The molecular weight excluding hydrogens is 452 g/mol. The van der Waals surface area contributed by atoms with E-state index in [1.807, 2.05) is 0 Å². The predicted octanol–water partition coefficient (Wildman–Crippen LogP) is 5.37. The van der Waals surface area contributed by atoms with Crippen LogP contribution in [0.15, 0.2) is 54.7 Å². The Kier molecular flexibility index (Phi) is 6.16. The molecule has 0 fully saturated rings. The summed E-state index contributed by atoms with van der Waals surface area (Å²) in [5.41, 5.74) is -1.58. The Balaban J connectivity index is 1.78. The van der Waals surface area contributed by atoms with E-state index in [0.29, 0.717) is 15.3 Å². The third kappa shape index (κ3) is 5.69. The Morgan fingerprint density at radius 1 is 1.00 bits per heavy atom. The molecular formula is C19H12ClF6N3O2. The summed E-state index contributed by atoms with van der Waals surface area (Å²) in [6.45, 7) is -0.228. The van der Waals surface area contributed by atoms with Crippen molar-refractivity contribution in [3.63, 3.8) is 0 Å². The van der Waals surface area contributed by atoms with E-state index in [0.717, 1.165) is 18.3 Å². The van der Waals surface area contributed by atoms with Crippen molar-refractivity contribution in [2.45, 2.75) is 19.1 Å². The highest BCUT2D eigenvalue weighted by molar-refractivity contribution is 6.30. The second kappa shape index (κ2) is 8.50. The fraction of sp³-hybridized carbons (Fsp3) is 0.158. The van der Waals surface area contributed by atoms with Gasteiger partial charge in [-0.3, -0.25) is 4.79 Å². The normalized spacial score (nSPS) is 12.0. The quantitative estimate of drug-likeness (QED) is 0.517. The van der Waals surface area contributed by atoms with E-state index in [1.54, 1.807) is 0 Å². The van der Waals surface area contributed by atoms with Crippen LogP contribution in [0.3, 0.4) is 0 Å². The summed E-state index contributed by atoms with van der Waals surface area (Å²) < 4.78 is 81.7. The number of nitrogens with one attached hydrogen (secondary N) is 1. The Hall–Kier alpha value is -3.21. The Morgan fingerprint density at radius 2 is 1.61 bits per heavy atom. The molecule has 1 amide bonds. The molecule has 164 valence electrons. The number of benzene rings is 2. The van der Waals surface area contributed by atoms with E-state index in [1.165, 1.54) is 36.4 Å². The van der Waals surface area contributed by atoms with Crippen molar-refractivity contribution in [1.29, 1.82) is 0 Å². The lowest BCUT2D eigenvalue weighted by molar-refractivity contribution is -0.274. The van der Waals surface area contributed by atoms with Gasteiger partial charge in [0.05, 0.1) is 17.4 Å². The first-order valence-electron chi connectivity index (χ1n) is 8.48. The molecule has 0 unspecified atom stereocenters. The number of hydrogen-bond acceptors (Lipinski definition) is 3. The zero-order chi connectivity index (χ0) is 22.8. The molecule has 0 saturated carbocycles. The highest BCUT2D eigenvalue weighted by Crippen LogP contribution is 2.34. The first-order chi connectivity index (χ1) is 14.4. The van der Waals surface area contributed by atoms with Gasteiger partial charge in [0, 0.05) is 11.6 Å². The van der Waals surface area contributed by atoms with Crippen molar-refractivity contribution in [2.75, 3.05) is 0 Å². The van der Waals surface area contributed by atoms with Crippen LogP contribution in [0.25, 0.3) is 5.69 Å². The number of halogens is 7. The summed E-state index contributed by atoms with van der Waals surface area (Å²) in [7, 11) is 0. The van der Waals surface area contributed by atoms with Gasteiger partial charge < -0.3 is 10.1 Å². The molecule has 0 spiro atoms. The molecule has 0 saturated heterocycles. The van der Waals surface area contributed by atoms with Gasteiger partial charge >= 0.3 is 12.5 Å². The van der Waals surface area contributed by atoms with Crippen molar-refractivity contribution >= 4 is 17.5 Å². The number of nitrogens with zero attached hydrogens (tertiary/aromatic N) is 2. The highest BCUT2D eigenvalue weighted by atomic mass is 35.5. The zero-order valence-corrected chi connectivity index (χ0v) is 16.0. The summed E-state index contributed by atoms with van der Waals surface area (Å²) in [4.78, 5) is 12.4. The van der Waals surface area contributed by atoms with E-state index in [2.05, 4.69) is 15.2 Å². The molecule has 2 aromatic carbocycles. The summed E-state index contributed by atoms with van der Waals surface area (Å²) in [6, 6.07) is 9.92. The summed E-state index contributed by atoms with van der Waals surface area (Å²) in [6.07, 6.45) is -8.96. The average Bonchev–Trinajstić information content (AvgIpc) is 3.12. The van der Waals surface area contributed by atoms with Crippen LogP contribution in [-0.4, -0.2) is 22.1 Å². The predicted molar refractivity (Wildman–Crippen MR) is 97.9 cm³/mol. The van der Waals surface area contributed by atoms with Crippen LogP contribution < -0.4 is 10.1 Å². The van der Waals surface area contributed by atoms with Gasteiger partial charge in [-0.2, -0.15) is 18.3 Å². The Bertz CT molecular complexity index is 1060. The number of rotatable bonds is 5. The van der Waals surface area contributed by atoms with Gasteiger partial charge in [-0.25, -0.2) is 4.68 Å². The van der Waals surface area contributed by atoms with Crippen molar-refractivity contribution in [2.24, 2.45) is 0 Å². The molecule has 0 aliphatic heterocycles. The number of hydrogen-bond donors (Lipinski definition) is 1. The van der Waals surface area contributed by atoms with E-state index >= 15 is 0 Å². The van der Waals surface area contributed by atoms with E-state index in [4.69, 9.17) is 11.6 Å². The lowest BCUT2D eigenvalue weighted by Crippen LogP contribution is -2.26. The van der Waals surface area contributed by atoms with Gasteiger partial charge in [0.1, 0.15) is 5.75 Å². The fourth-order valence-electron chi connectivity index (χ4n) is 2.65. The molecule has 31 heavy (non-hydrogen) atoms. The molecule has 0 aliphatic carbocycles. The Morgan fingerprint density at radius 3 is 2.16 bits per heavy atom. The molecule has 0 bridgehead atoms. The summed E-state index contributed by atoms with van der Waals surface area (Å²) in [5.74, 6) is -1.52. The first-order valence-corrected chi connectivity index (χ1v) is 8.86. The van der Waals surface area contributed by atoms with Crippen molar-refractivity contribution in [3.8, 4) is 11.4 Å². The lowest BCUT2D eigenvalue weighted by atomic mass is 10.2. The smallest absolute Gasteiger partial charge is 0.406 e. The standard InChI is InChI=1S/C19H12ClF6N3O2/c20-12-3-5-13(6-4-12)29-16(18(21,22)23)15(10-28-29)17(30)27-9-11-1-7-14(8-2-11)31-19(24,25)26/h1-8,10H,9H2,(H,27,30). The molecule has 0 radical (unpaired) electrons. The van der Waals surface area contributed by atoms with Crippen molar-refractivity contribution in [3.05, 3.63) is 76.6 Å². The molecule has 0 atom stereocenters. The second-order valence-electron chi connectivity index (χ2n) is 6.17. The maximum Gasteiger partial charge on any atom is 0.573 e. The number of aromatic nitrogens is 2. The van der Waals surface area contributed by atoms with Crippen LogP contribution in [0.5, 0.6) is 5.75 Å². The van der Waals surface area contributed by atoms with Crippen LogP contribution >= 0.6 is 11.6 Å². The highest BCUT2D eigenvalue weighted by Gasteiger charge is 2.40. The lowest BCUT2D eigenvalue weighted by Gasteiger charge is -2.13. The first kappa shape index (κ1) is 22.5.